The Balaban J connectivity index is 1.77. The van der Waals surface area contributed by atoms with E-state index in [1.807, 2.05) is 24.3 Å². The number of halogens is 1. The molecule has 20 heavy (non-hydrogen) atoms. The molecule has 0 unspecified atom stereocenters. The minimum atomic E-state index is -0.0194. The fourth-order valence-corrected chi connectivity index (χ4v) is 2.32. The largest absolute Gasteiger partial charge is 0.451 e. The zero-order valence-corrected chi connectivity index (χ0v) is 11.4. The summed E-state index contributed by atoms with van der Waals surface area (Å²) in [6.45, 7) is 0. The van der Waals surface area contributed by atoms with Gasteiger partial charge in [-0.15, -0.1) is 0 Å². The highest BCUT2D eigenvalue weighted by Gasteiger charge is 2.13. The molecule has 0 amide bonds. The highest BCUT2D eigenvalue weighted by atomic mass is 35.5. The smallest absolute Gasteiger partial charge is 0.198 e. The number of furan rings is 1. The third kappa shape index (κ3) is 2.58. The second-order valence-corrected chi connectivity index (χ2v) is 4.95. The zero-order chi connectivity index (χ0) is 13.9. The molecule has 0 fully saturated rings. The van der Waals surface area contributed by atoms with Crippen LogP contribution in [0.4, 0.5) is 0 Å². The Kier molecular flexibility index (Phi) is 3.52. The number of para-hydroxylation sites is 1. The van der Waals surface area contributed by atoms with Crippen molar-refractivity contribution in [2.24, 2.45) is 0 Å². The Morgan fingerprint density at radius 1 is 1.20 bits per heavy atom. The molecule has 0 saturated carbocycles. The van der Waals surface area contributed by atoms with Crippen LogP contribution < -0.4 is 0 Å². The van der Waals surface area contributed by atoms with E-state index in [9.17, 15) is 4.79 Å². The number of hydrogen-bond acceptors (Lipinski definition) is 3. The van der Waals surface area contributed by atoms with Crippen molar-refractivity contribution in [3.05, 3.63) is 65.1 Å². The SMILES string of the molecule is O=C(CCc1ccncc1)c1cc2cccc(Cl)c2o1. The summed E-state index contributed by atoms with van der Waals surface area (Å²) in [6.07, 6.45) is 4.52. The third-order valence-electron chi connectivity index (χ3n) is 3.16. The quantitative estimate of drug-likeness (QED) is 0.671. The topological polar surface area (TPSA) is 43.1 Å². The molecule has 4 heteroatoms. The van der Waals surface area contributed by atoms with Crippen molar-refractivity contribution in [3.8, 4) is 0 Å². The monoisotopic (exact) mass is 285 g/mol. The fourth-order valence-electron chi connectivity index (χ4n) is 2.10. The molecule has 0 aliphatic heterocycles. The maximum absolute atomic E-state index is 12.1. The summed E-state index contributed by atoms with van der Waals surface area (Å²) < 4.78 is 5.56. The predicted molar refractivity (Wildman–Crippen MR) is 78.1 cm³/mol. The zero-order valence-electron chi connectivity index (χ0n) is 10.7. The van der Waals surface area contributed by atoms with Crippen LogP contribution in [0.15, 0.2) is 53.2 Å². The highest BCUT2D eigenvalue weighted by molar-refractivity contribution is 6.34. The van der Waals surface area contributed by atoms with Crippen molar-refractivity contribution >= 4 is 28.4 Å². The van der Waals surface area contributed by atoms with E-state index in [-0.39, 0.29) is 5.78 Å². The molecule has 0 aliphatic carbocycles. The van der Waals surface area contributed by atoms with E-state index in [1.54, 1.807) is 24.5 Å². The van der Waals surface area contributed by atoms with Gasteiger partial charge >= 0.3 is 0 Å². The molecule has 2 aromatic heterocycles. The Morgan fingerprint density at radius 2 is 2.00 bits per heavy atom. The normalized spacial score (nSPS) is 10.8. The van der Waals surface area contributed by atoms with Crippen LogP contribution in [0.25, 0.3) is 11.0 Å². The first-order chi connectivity index (χ1) is 9.74. The number of aryl methyl sites for hydroxylation is 1. The molecule has 3 aromatic rings. The number of carbonyl (C=O) groups is 1. The Labute approximate surface area is 121 Å². The van der Waals surface area contributed by atoms with Gasteiger partial charge < -0.3 is 4.42 Å². The van der Waals surface area contributed by atoms with Gasteiger partial charge in [0.25, 0.3) is 0 Å². The number of fused-ring (bicyclic) bond motifs is 1. The Hall–Kier alpha value is -2.13. The van der Waals surface area contributed by atoms with Crippen LogP contribution in [0, 0.1) is 0 Å². The molecule has 2 heterocycles. The summed E-state index contributed by atoms with van der Waals surface area (Å²) in [5.41, 5.74) is 1.66. The molecule has 0 radical (unpaired) electrons. The molecule has 3 nitrogen and oxygen atoms in total. The first-order valence-corrected chi connectivity index (χ1v) is 6.72. The van der Waals surface area contributed by atoms with E-state index in [4.69, 9.17) is 16.0 Å². The highest BCUT2D eigenvalue weighted by Crippen LogP contribution is 2.27. The molecule has 0 saturated heterocycles. The van der Waals surface area contributed by atoms with Crippen molar-refractivity contribution < 1.29 is 9.21 Å². The van der Waals surface area contributed by atoms with Gasteiger partial charge in [0, 0.05) is 24.2 Å². The fraction of sp³-hybridized carbons (Fsp3) is 0.125. The van der Waals surface area contributed by atoms with Gasteiger partial charge in [0.2, 0.25) is 0 Å². The predicted octanol–water partition coefficient (Wildman–Crippen LogP) is 4.30. The molecular formula is C16H12ClNO2. The molecule has 1 aromatic carbocycles. The first-order valence-electron chi connectivity index (χ1n) is 6.34. The summed E-state index contributed by atoms with van der Waals surface area (Å²) in [5.74, 6) is 0.344. The summed E-state index contributed by atoms with van der Waals surface area (Å²) >= 11 is 6.04. The van der Waals surface area contributed by atoms with Gasteiger partial charge in [-0.3, -0.25) is 9.78 Å². The minimum absolute atomic E-state index is 0.0194. The van der Waals surface area contributed by atoms with E-state index in [0.29, 0.717) is 29.2 Å². The Morgan fingerprint density at radius 3 is 2.75 bits per heavy atom. The summed E-state index contributed by atoms with van der Waals surface area (Å²) in [4.78, 5) is 16.1. The van der Waals surface area contributed by atoms with Gasteiger partial charge in [-0.25, -0.2) is 0 Å². The molecule has 0 spiro atoms. The molecule has 0 atom stereocenters. The number of nitrogens with zero attached hydrogens (tertiary/aromatic N) is 1. The average Bonchev–Trinajstić information content (AvgIpc) is 2.91. The lowest BCUT2D eigenvalue weighted by molar-refractivity contribution is 0.0958. The first kappa shape index (κ1) is 12.9. The average molecular weight is 286 g/mol. The number of pyridine rings is 1. The number of carbonyl (C=O) groups excluding carboxylic acids is 1. The standard InChI is InChI=1S/C16H12ClNO2/c17-13-3-1-2-12-10-15(20-16(12)13)14(19)5-4-11-6-8-18-9-7-11/h1-3,6-10H,4-5H2. The number of ketones is 1. The van der Waals surface area contributed by atoms with Crippen LogP contribution in [0.3, 0.4) is 0 Å². The van der Waals surface area contributed by atoms with E-state index >= 15 is 0 Å². The molecular weight excluding hydrogens is 274 g/mol. The lowest BCUT2D eigenvalue weighted by Gasteiger charge is -1.98. The molecule has 0 bridgehead atoms. The van der Waals surface area contributed by atoms with Gasteiger partial charge in [0.1, 0.15) is 0 Å². The van der Waals surface area contributed by atoms with Crippen LogP contribution >= 0.6 is 11.6 Å². The summed E-state index contributed by atoms with van der Waals surface area (Å²) in [7, 11) is 0. The lowest BCUT2D eigenvalue weighted by atomic mass is 10.1. The third-order valence-corrected chi connectivity index (χ3v) is 3.46. The summed E-state index contributed by atoms with van der Waals surface area (Å²) in [6, 6.07) is 11.0. The second kappa shape index (κ2) is 5.47. The lowest BCUT2D eigenvalue weighted by Crippen LogP contribution is -1.99. The molecule has 3 rings (SSSR count). The van der Waals surface area contributed by atoms with E-state index < -0.39 is 0 Å². The van der Waals surface area contributed by atoms with Gasteiger partial charge in [-0.2, -0.15) is 0 Å². The maximum atomic E-state index is 12.1. The van der Waals surface area contributed by atoms with Crippen LogP contribution in [0.2, 0.25) is 5.02 Å². The Bertz CT molecular complexity index is 750. The van der Waals surface area contributed by atoms with Crippen LogP contribution in [-0.2, 0) is 6.42 Å². The van der Waals surface area contributed by atoms with Crippen LogP contribution in [0.1, 0.15) is 22.5 Å². The number of benzene rings is 1. The number of rotatable bonds is 4. The van der Waals surface area contributed by atoms with E-state index in [1.165, 1.54) is 0 Å². The number of aromatic nitrogens is 1. The van der Waals surface area contributed by atoms with Gasteiger partial charge in [-0.05, 0) is 36.2 Å². The van der Waals surface area contributed by atoms with E-state index in [2.05, 4.69) is 4.98 Å². The minimum Gasteiger partial charge on any atom is -0.451 e. The van der Waals surface area contributed by atoms with Crippen LogP contribution in [0.5, 0.6) is 0 Å². The van der Waals surface area contributed by atoms with Gasteiger partial charge in [-0.1, -0.05) is 23.7 Å². The van der Waals surface area contributed by atoms with Crippen molar-refractivity contribution in [1.82, 2.24) is 4.98 Å². The second-order valence-electron chi connectivity index (χ2n) is 4.55. The summed E-state index contributed by atoms with van der Waals surface area (Å²) in [5, 5.41) is 1.38. The maximum Gasteiger partial charge on any atom is 0.198 e. The van der Waals surface area contributed by atoms with Crippen molar-refractivity contribution in [1.29, 1.82) is 0 Å². The number of Topliss-reactive ketones (excluding diaryl/α,β-unsaturated/α-hetero) is 1. The van der Waals surface area contributed by atoms with Crippen molar-refractivity contribution in [2.45, 2.75) is 12.8 Å². The van der Waals surface area contributed by atoms with Crippen LogP contribution in [-0.4, -0.2) is 10.8 Å². The van der Waals surface area contributed by atoms with Crippen molar-refractivity contribution in [3.63, 3.8) is 0 Å². The van der Waals surface area contributed by atoms with E-state index in [0.717, 1.165) is 10.9 Å². The number of hydrogen-bond donors (Lipinski definition) is 0. The van der Waals surface area contributed by atoms with Gasteiger partial charge in [0.05, 0.1) is 5.02 Å². The van der Waals surface area contributed by atoms with Gasteiger partial charge in [0.15, 0.2) is 17.1 Å². The molecule has 0 aliphatic rings. The molecule has 0 N–H and O–H groups in total. The molecule has 100 valence electrons. The van der Waals surface area contributed by atoms with Crippen molar-refractivity contribution in [2.75, 3.05) is 0 Å².